The quantitative estimate of drug-likeness (QED) is 0.739. The maximum absolute atomic E-state index is 5.38. The van der Waals surface area contributed by atoms with Crippen molar-refractivity contribution in [1.82, 2.24) is 9.97 Å². The summed E-state index contributed by atoms with van der Waals surface area (Å²) in [5.74, 6) is 1.76. The molecule has 2 aromatic heterocycles. The van der Waals surface area contributed by atoms with Crippen LogP contribution in [0, 0.1) is 0 Å². The topological polar surface area (TPSA) is 53.5 Å². The normalized spacial score (nSPS) is 10.5. The molecule has 0 radical (unpaired) electrons. The first kappa shape index (κ1) is 14.1. The fourth-order valence-electron chi connectivity index (χ4n) is 2.35. The van der Waals surface area contributed by atoms with Crippen molar-refractivity contribution >= 4 is 10.9 Å². The van der Waals surface area contributed by atoms with Crippen LogP contribution in [0.2, 0.25) is 0 Å². The first-order valence-corrected chi connectivity index (χ1v) is 6.78. The summed E-state index contributed by atoms with van der Waals surface area (Å²) >= 11 is 0. The molecule has 0 amide bonds. The Bertz CT molecular complexity index is 793. The molecule has 0 spiro atoms. The van der Waals surface area contributed by atoms with Crippen LogP contribution in [0.15, 0.2) is 42.7 Å². The molecule has 0 aliphatic rings. The van der Waals surface area contributed by atoms with Gasteiger partial charge in [-0.15, -0.1) is 0 Å². The Kier molecular flexibility index (Phi) is 3.78. The summed E-state index contributed by atoms with van der Waals surface area (Å²) in [5.41, 5.74) is 2.56. The van der Waals surface area contributed by atoms with E-state index in [9.17, 15) is 0 Å². The van der Waals surface area contributed by atoms with Gasteiger partial charge in [-0.2, -0.15) is 0 Å². The third-order valence-corrected chi connectivity index (χ3v) is 3.45. The number of fused-ring (bicyclic) bond motifs is 1. The van der Waals surface area contributed by atoms with Crippen LogP contribution in [0.5, 0.6) is 17.2 Å². The molecule has 3 aromatic rings. The van der Waals surface area contributed by atoms with E-state index in [0.29, 0.717) is 17.2 Å². The lowest BCUT2D eigenvalue weighted by atomic mass is 10.1. The van der Waals surface area contributed by atoms with Crippen molar-refractivity contribution in [3.05, 3.63) is 42.7 Å². The van der Waals surface area contributed by atoms with Crippen LogP contribution in [0.1, 0.15) is 0 Å². The lowest BCUT2D eigenvalue weighted by molar-refractivity contribution is 0.324. The summed E-state index contributed by atoms with van der Waals surface area (Å²) in [6, 6.07) is 9.56. The van der Waals surface area contributed by atoms with E-state index in [1.807, 2.05) is 30.3 Å². The largest absolute Gasteiger partial charge is 0.493 e. The molecule has 5 nitrogen and oxygen atoms in total. The number of nitrogens with zero attached hydrogens (tertiary/aromatic N) is 2. The van der Waals surface area contributed by atoms with Crippen molar-refractivity contribution in [2.75, 3.05) is 21.3 Å². The summed E-state index contributed by atoms with van der Waals surface area (Å²) in [6.07, 6.45) is 3.57. The van der Waals surface area contributed by atoms with E-state index < -0.39 is 0 Å². The van der Waals surface area contributed by atoms with E-state index in [2.05, 4.69) is 9.97 Å². The minimum absolute atomic E-state index is 0.563. The zero-order valence-corrected chi connectivity index (χ0v) is 12.7. The number of aromatic nitrogens is 2. The molecule has 0 bridgehead atoms. The molecule has 1 aromatic carbocycles. The maximum atomic E-state index is 5.38. The minimum Gasteiger partial charge on any atom is -0.493 e. The zero-order chi connectivity index (χ0) is 15.5. The number of ether oxygens (including phenoxy) is 3. The van der Waals surface area contributed by atoms with Gasteiger partial charge in [0.15, 0.2) is 11.5 Å². The molecule has 0 saturated heterocycles. The molecule has 2 heterocycles. The maximum Gasteiger partial charge on any atom is 0.203 e. The van der Waals surface area contributed by atoms with Gasteiger partial charge in [0.1, 0.15) is 0 Å². The van der Waals surface area contributed by atoms with Gasteiger partial charge in [0, 0.05) is 23.3 Å². The van der Waals surface area contributed by atoms with Crippen molar-refractivity contribution in [2.45, 2.75) is 0 Å². The smallest absolute Gasteiger partial charge is 0.203 e. The predicted octanol–water partition coefficient (Wildman–Crippen LogP) is 3.32. The number of rotatable bonds is 4. The standard InChI is InChI=1S/C17H16N2O3/c1-20-15-7-12(8-16(21-2)17(15)22-3)14-9-13-11(10-19-14)5-4-6-18-13/h4-10H,1-3H3. The highest BCUT2D eigenvalue weighted by molar-refractivity contribution is 5.82. The summed E-state index contributed by atoms with van der Waals surface area (Å²) < 4.78 is 16.1. The molecule has 0 atom stereocenters. The van der Waals surface area contributed by atoms with Gasteiger partial charge in [-0.3, -0.25) is 9.97 Å². The van der Waals surface area contributed by atoms with Crippen LogP contribution in [-0.2, 0) is 0 Å². The SMILES string of the molecule is COc1cc(-c2cc3ncccc3cn2)cc(OC)c1OC. The van der Waals surface area contributed by atoms with Gasteiger partial charge in [0.25, 0.3) is 0 Å². The number of methoxy groups -OCH3 is 3. The van der Waals surface area contributed by atoms with Crippen LogP contribution in [-0.4, -0.2) is 31.3 Å². The number of benzene rings is 1. The lowest BCUT2D eigenvalue weighted by Crippen LogP contribution is -1.96. The Morgan fingerprint density at radius 3 is 2.23 bits per heavy atom. The van der Waals surface area contributed by atoms with Crippen molar-refractivity contribution in [2.24, 2.45) is 0 Å². The van der Waals surface area contributed by atoms with E-state index >= 15 is 0 Å². The zero-order valence-electron chi connectivity index (χ0n) is 12.7. The second-order valence-electron chi connectivity index (χ2n) is 4.68. The summed E-state index contributed by atoms with van der Waals surface area (Å²) in [6.45, 7) is 0. The van der Waals surface area contributed by atoms with E-state index in [1.165, 1.54) is 0 Å². The van der Waals surface area contributed by atoms with Crippen LogP contribution in [0.3, 0.4) is 0 Å². The first-order chi connectivity index (χ1) is 10.8. The molecule has 22 heavy (non-hydrogen) atoms. The number of hydrogen-bond donors (Lipinski definition) is 0. The molecule has 0 unspecified atom stereocenters. The molecule has 0 aliphatic carbocycles. The average Bonchev–Trinajstić information content (AvgIpc) is 2.59. The molecule has 0 saturated carbocycles. The highest BCUT2D eigenvalue weighted by Gasteiger charge is 2.14. The molecular weight excluding hydrogens is 280 g/mol. The highest BCUT2D eigenvalue weighted by Crippen LogP contribution is 2.40. The Labute approximate surface area is 128 Å². The molecule has 112 valence electrons. The Balaban J connectivity index is 2.17. The van der Waals surface area contributed by atoms with E-state index in [1.54, 1.807) is 33.7 Å². The van der Waals surface area contributed by atoms with Crippen molar-refractivity contribution < 1.29 is 14.2 Å². The van der Waals surface area contributed by atoms with Crippen LogP contribution < -0.4 is 14.2 Å². The minimum atomic E-state index is 0.563. The van der Waals surface area contributed by atoms with Gasteiger partial charge in [0.2, 0.25) is 5.75 Å². The second-order valence-corrected chi connectivity index (χ2v) is 4.68. The molecule has 5 heteroatoms. The van der Waals surface area contributed by atoms with E-state index in [0.717, 1.165) is 22.2 Å². The van der Waals surface area contributed by atoms with Crippen LogP contribution >= 0.6 is 0 Å². The molecular formula is C17H16N2O3. The molecule has 0 aliphatic heterocycles. The Hall–Kier alpha value is -2.82. The summed E-state index contributed by atoms with van der Waals surface area (Å²) in [4.78, 5) is 8.85. The fraction of sp³-hybridized carbons (Fsp3) is 0.176. The van der Waals surface area contributed by atoms with E-state index in [4.69, 9.17) is 14.2 Å². The van der Waals surface area contributed by atoms with Crippen LogP contribution in [0.25, 0.3) is 22.2 Å². The first-order valence-electron chi connectivity index (χ1n) is 6.78. The van der Waals surface area contributed by atoms with Crippen molar-refractivity contribution in [3.63, 3.8) is 0 Å². The Morgan fingerprint density at radius 2 is 1.59 bits per heavy atom. The average molecular weight is 296 g/mol. The second kappa shape index (κ2) is 5.89. The molecule has 0 N–H and O–H groups in total. The molecule has 0 fully saturated rings. The van der Waals surface area contributed by atoms with E-state index in [-0.39, 0.29) is 0 Å². The summed E-state index contributed by atoms with van der Waals surface area (Å²) in [5, 5.41) is 0.999. The van der Waals surface area contributed by atoms with Crippen LogP contribution in [0.4, 0.5) is 0 Å². The van der Waals surface area contributed by atoms with Gasteiger partial charge >= 0.3 is 0 Å². The van der Waals surface area contributed by atoms with Gasteiger partial charge < -0.3 is 14.2 Å². The predicted molar refractivity (Wildman–Crippen MR) is 84.6 cm³/mol. The summed E-state index contributed by atoms with van der Waals surface area (Å²) in [7, 11) is 4.77. The molecule has 3 rings (SSSR count). The monoisotopic (exact) mass is 296 g/mol. The van der Waals surface area contributed by atoms with Crippen molar-refractivity contribution in [1.29, 1.82) is 0 Å². The van der Waals surface area contributed by atoms with Gasteiger partial charge in [-0.05, 0) is 30.3 Å². The fourth-order valence-corrected chi connectivity index (χ4v) is 2.35. The van der Waals surface area contributed by atoms with Gasteiger partial charge in [0.05, 0.1) is 32.5 Å². The lowest BCUT2D eigenvalue weighted by Gasteiger charge is -2.14. The Morgan fingerprint density at radius 1 is 0.864 bits per heavy atom. The third kappa shape index (κ3) is 2.41. The highest BCUT2D eigenvalue weighted by atomic mass is 16.5. The number of pyridine rings is 2. The van der Waals surface area contributed by atoms with Crippen molar-refractivity contribution in [3.8, 4) is 28.5 Å². The van der Waals surface area contributed by atoms with Gasteiger partial charge in [-0.25, -0.2) is 0 Å². The number of hydrogen-bond acceptors (Lipinski definition) is 5. The third-order valence-electron chi connectivity index (χ3n) is 3.45. The van der Waals surface area contributed by atoms with Gasteiger partial charge in [-0.1, -0.05) is 0 Å².